The summed E-state index contributed by atoms with van der Waals surface area (Å²) in [7, 11) is 1.80. The van der Waals surface area contributed by atoms with E-state index in [4.69, 9.17) is 4.74 Å². The average molecular weight is 229 g/mol. The van der Waals surface area contributed by atoms with Gasteiger partial charge in [-0.15, -0.1) is 0 Å². The third-order valence-electron chi connectivity index (χ3n) is 3.16. The van der Waals surface area contributed by atoms with Crippen molar-refractivity contribution in [3.05, 3.63) is 0 Å². The molecule has 0 saturated carbocycles. The van der Waals surface area contributed by atoms with Gasteiger partial charge in [0.05, 0.1) is 6.10 Å². The smallest absolute Gasteiger partial charge is 0.0543 e. The molecule has 0 saturated heterocycles. The Labute approximate surface area is 102 Å². The zero-order chi connectivity index (χ0) is 12.2. The van der Waals surface area contributed by atoms with Crippen LogP contribution < -0.4 is 5.32 Å². The highest BCUT2D eigenvalue weighted by Crippen LogP contribution is 2.11. The minimum Gasteiger partial charge on any atom is -0.382 e. The van der Waals surface area contributed by atoms with E-state index in [0.29, 0.717) is 12.1 Å². The summed E-state index contributed by atoms with van der Waals surface area (Å²) >= 11 is 0. The van der Waals surface area contributed by atoms with Crippen molar-refractivity contribution in [1.29, 1.82) is 0 Å². The van der Waals surface area contributed by atoms with Crippen molar-refractivity contribution in [2.75, 3.05) is 13.7 Å². The van der Waals surface area contributed by atoms with Crippen LogP contribution in [0.1, 0.15) is 65.7 Å². The van der Waals surface area contributed by atoms with Gasteiger partial charge >= 0.3 is 0 Å². The van der Waals surface area contributed by atoms with Crippen molar-refractivity contribution < 1.29 is 4.74 Å². The van der Waals surface area contributed by atoms with E-state index < -0.39 is 0 Å². The second kappa shape index (κ2) is 11.4. The number of hydrogen-bond donors (Lipinski definition) is 1. The van der Waals surface area contributed by atoms with E-state index in [0.717, 1.165) is 6.54 Å². The largest absolute Gasteiger partial charge is 0.382 e. The summed E-state index contributed by atoms with van der Waals surface area (Å²) in [6, 6.07) is 0.698. The Kier molecular flexibility index (Phi) is 11.3. The van der Waals surface area contributed by atoms with Gasteiger partial charge in [0.25, 0.3) is 0 Å². The fraction of sp³-hybridized carbons (Fsp3) is 1.00. The molecule has 0 aliphatic carbocycles. The predicted molar refractivity (Wildman–Crippen MR) is 71.9 cm³/mol. The number of ether oxygens (including phenoxy) is 1. The van der Waals surface area contributed by atoms with Crippen LogP contribution in [0.5, 0.6) is 0 Å². The molecule has 0 aromatic carbocycles. The SMILES string of the molecule is CCCCCC(CCC(C)OC)NCCC. The highest BCUT2D eigenvalue weighted by molar-refractivity contribution is 4.68. The summed E-state index contributed by atoms with van der Waals surface area (Å²) in [5.74, 6) is 0. The predicted octanol–water partition coefficient (Wildman–Crippen LogP) is 3.75. The molecule has 0 fully saturated rings. The molecule has 0 aliphatic rings. The molecule has 0 aromatic rings. The molecular weight excluding hydrogens is 198 g/mol. The Balaban J connectivity index is 3.70. The molecule has 98 valence electrons. The van der Waals surface area contributed by atoms with E-state index in [1.807, 2.05) is 0 Å². The van der Waals surface area contributed by atoms with Gasteiger partial charge in [0.2, 0.25) is 0 Å². The molecule has 0 aromatic heterocycles. The summed E-state index contributed by atoms with van der Waals surface area (Å²) in [5, 5.41) is 3.65. The van der Waals surface area contributed by atoms with Crippen molar-refractivity contribution in [3.8, 4) is 0 Å². The molecule has 2 atom stereocenters. The van der Waals surface area contributed by atoms with Gasteiger partial charge in [-0.2, -0.15) is 0 Å². The highest BCUT2D eigenvalue weighted by Gasteiger charge is 2.09. The van der Waals surface area contributed by atoms with E-state index in [2.05, 4.69) is 26.1 Å². The van der Waals surface area contributed by atoms with Crippen LogP contribution in [-0.4, -0.2) is 25.8 Å². The van der Waals surface area contributed by atoms with Crippen LogP contribution in [0.25, 0.3) is 0 Å². The van der Waals surface area contributed by atoms with Gasteiger partial charge in [-0.1, -0.05) is 33.1 Å². The van der Waals surface area contributed by atoms with E-state index in [1.54, 1.807) is 7.11 Å². The zero-order valence-electron chi connectivity index (χ0n) is 11.7. The van der Waals surface area contributed by atoms with Crippen LogP contribution in [0, 0.1) is 0 Å². The lowest BCUT2D eigenvalue weighted by Gasteiger charge is -2.20. The van der Waals surface area contributed by atoms with E-state index in [9.17, 15) is 0 Å². The molecule has 2 nitrogen and oxygen atoms in total. The van der Waals surface area contributed by atoms with Crippen LogP contribution >= 0.6 is 0 Å². The lowest BCUT2D eigenvalue weighted by molar-refractivity contribution is 0.105. The molecule has 0 rings (SSSR count). The Morgan fingerprint density at radius 3 is 2.31 bits per heavy atom. The van der Waals surface area contributed by atoms with E-state index in [-0.39, 0.29) is 0 Å². The second-order valence-corrected chi connectivity index (χ2v) is 4.77. The maximum atomic E-state index is 5.30. The van der Waals surface area contributed by atoms with Crippen molar-refractivity contribution >= 4 is 0 Å². The number of methoxy groups -OCH3 is 1. The van der Waals surface area contributed by atoms with Crippen LogP contribution in [0.4, 0.5) is 0 Å². The quantitative estimate of drug-likeness (QED) is 0.545. The summed E-state index contributed by atoms with van der Waals surface area (Å²) in [6.45, 7) is 7.80. The number of unbranched alkanes of at least 4 members (excludes halogenated alkanes) is 2. The molecule has 0 radical (unpaired) electrons. The summed E-state index contributed by atoms with van der Waals surface area (Å²) in [6.07, 6.45) is 9.41. The normalized spacial score (nSPS) is 15.0. The van der Waals surface area contributed by atoms with Crippen LogP contribution in [0.2, 0.25) is 0 Å². The fourth-order valence-electron chi connectivity index (χ4n) is 1.89. The monoisotopic (exact) mass is 229 g/mol. The summed E-state index contributed by atoms with van der Waals surface area (Å²) in [5.41, 5.74) is 0. The van der Waals surface area contributed by atoms with Gasteiger partial charge in [0.15, 0.2) is 0 Å². The maximum absolute atomic E-state index is 5.30. The molecule has 1 N–H and O–H groups in total. The third-order valence-corrected chi connectivity index (χ3v) is 3.16. The number of hydrogen-bond acceptors (Lipinski definition) is 2. The van der Waals surface area contributed by atoms with Crippen molar-refractivity contribution in [2.24, 2.45) is 0 Å². The van der Waals surface area contributed by atoms with Crippen molar-refractivity contribution in [1.82, 2.24) is 5.32 Å². The first-order valence-electron chi connectivity index (χ1n) is 7.00. The summed E-state index contributed by atoms with van der Waals surface area (Å²) in [4.78, 5) is 0. The maximum Gasteiger partial charge on any atom is 0.0543 e. The van der Waals surface area contributed by atoms with Crippen molar-refractivity contribution in [3.63, 3.8) is 0 Å². The number of nitrogens with one attached hydrogen (secondary N) is 1. The standard InChI is InChI=1S/C14H31NO/c1-5-7-8-9-14(15-12-6-2)11-10-13(3)16-4/h13-15H,5-12H2,1-4H3. The zero-order valence-corrected chi connectivity index (χ0v) is 11.7. The molecule has 0 bridgehead atoms. The van der Waals surface area contributed by atoms with E-state index >= 15 is 0 Å². The summed E-state index contributed by atoms with van der Waals surface area (Å²) < 4.78 is 5.30. The Morgan fingerprint density at radius 2 is 1.75 bits per heavy atom. The highest BCUT2D eigenvalue weighted by atomic mass is 16.5. The minimum absolute atomic E-state index is 0.400. The molecular formula is C14H31NO. The Morgan fingerprint density at radius 1 is 1.00 bits per heavy atom. The van der Waals surface area contributed by atoms with Gasteiger partial charge in [0, 0.05) is 13.2 Å². The lowest BCUT2D eigenvalue weighted by atomic mass is 10.0. The Bertz CT molecular complexity index is 139. The molecule has 16 heavy (non-hydrogen) atoms. The van der Waals surface area contributed by atoms with Crippen LogP contribution in [-0.2, 0) is 4.74 Å². The molecule has 2 unspecified atom stereocenters. The molecule has 0 heterocycles. The van der Waals surface area contributed by atoms with Gasteiger partial charge < -0.3 is 10.1 Å². The van der Waals surface area contributed by atoms with Crippen molar-refractivity contribution in [2.45, 2.75) is 77.9 Å². The average Bonchev–Trinajstić information content (AvgIpc) is 2.31. The first-order valence-corrected chi connectivity index (χ1v) is 7.00. The van der Waals surface area contributed by atoms with E-state index in [1.165, 1.54) is 44.9 Å². The first kappa shape index (κ1) is 15.9. The van der Waals surface area contributed by atoms with Crippen LogP contribution in [0.15, 0.2) is 0 Å². The molecule has 0 spiro atoms. The minimum atomic E-state index is 0.400. The lowest BCUT2D eigenvalue weighted by Crippen LogP contribution is -2.30. The number of rotatable bonds is 11. The topological polar surface area (TPSA) is 21.3 Å². The molecule has 0 amide bonds. The fourth-order valence-corrected chi connectivity index (χ4v) is 1.89. The van der Waals surface area contributed by atoms with Gasteiger partial charge in [-0.05, 0) is 39.2 Å². The Hall–Kier alpha value is -0.0800. The van der Waals surface area contributed by atoms with Gasteiger partial charge in [0.1, 0.15) is 0 Å². The van der Waals surface area contributed by atoms with Crippen LogP contribution in [0.3, 0.4) is 0 Å². The van der Waals surface area contributed by atoms with Gasteiger partial charge in [-0.3, -0.25) is 0 Å². The molecule has 2 heteroatoms. The third kappa shape index (κ3) is 9.17. The molecule has 0 aliphatic heterocycles. The van der Waals surface area contributed by atoms with Gasteiger partial charge in [-0.25, -0.2) is 0 Å². The second-order valence-electron chi connectivity index (χ2n) is 4.77. The first-order chi connectivity index (χ1) is 7.74.